The third kappa shape index (κ3) is 11.2. The Balaban J connectivity index is 1.32. The zero-order valence-electron chi connectivity index (χ0n) is 31.9. The van der Waals surface area contributed by atoms with Crippen LogP contribution in [0.2, 0.25) is 0 Å². The molecule has 0 unspecified atom stereocenters. The topological polar surface area (TPSA) is 79.3 Å². The third-order valence-electron chi connectivity index (χ3n) is 9.37. The summed E-state index contributed by atoms with van der Waals surface area (Å²) in [5, 5.41) is 18.0. The number of rotatable bonds is 21. The smallest absolute Gasteiger partial charge is 0.132 e. The van der Waals surface area contributed by atoms with Crippen LogP contribution in [-0.2, 0) is 6.42 Å². The molecule has 0 amide bonds. The van der Waals surface area contributed by atoms with Crippen molar-refractivity contribution in [1.82, 2.24) is 15.6 Å². The highest BCUT2D eigenvalue weighted by Gasteiger charge is 2.20. The van der Waals surface area contributed by atoms with E-state index >= 15 is 0 Å². The van der Waals surface area contributed by atoms with Crippen molar-refractivity contribution in [2.75, 3.05) is 41.8 Å². The monoisotopic (exact) mass is 695 g/mol. The van der Waals surface area contributed by atoms with Gasteiger partial charge in [0, 0.05) is 78.7 Å². The lowest BCUT2D eigenvalue weighted by atomic mass is 9.97. The average Bonchev–Trinajstić information content (AvgIpc) is 3.15. The van der Waals surface area contributed by atoms with Crippen LogP contribution in [0.15, 0.2) is 129 Å². The summed E-state index contributed by atoms with van der Waals surface area (Å²) in [6.07, 6.45) is 6.93. The number of aryl methyl sites for hydroxylation is 2. The molecular weight excluding hydrogens is 639 g/mol. The third-order valence-corrected chi connectivity index (χ3v) is 9.37. The summed E-state index contributed by atoms with van der Waals surface area (Å²) in [4.78, 5) is 8.97. The van der Waals surface area contributed by atoms with E-state index in [0.29, 0.717) is 13.1 Å². The van der Waals surface area contributed by atoms with E-state index in [1.54, 1.807) is 0 Å². The van der Waals surface area contributed by atoms with Gasteiger partial charge < -0.3 is 31.2 Å². The maximum absolute atomic E-state index is 7.40. The molecule has 4 aromatic rings. The fourth-order valence-corrected chi connectivity index (χ4v) is 6.12. The predicted molar refractivity (Wildman–Crippen MR) is 225 cm³/mol. The van der Waals surface area contributed by atoms with E-state index in [1.807, 2.05) is 55.7 Å². The summed E-state index contributed by atoms with van der Waals surface area (Å²) in [5.41, 5.74) is 11.2. The first-order valence-corrected chi connectivity index (χ1v) is 18.1. The fourth-order valence-electron chi connectivity index (χ4n) is 6.12. The first kappa shape index (κ1) is 39.2. The molecule has 0 spiro atoms. The minimum atomic E-state index is -0.111. The van der Waals surface area contributed by atoms with Crippen molar-refractivity contribution in [3.05, 3.63) is 157 Å². The standard InChI is InChI=1S/C45H57N7/c1-10-38-15-19-40(20-16-38)36(5)47-28-13-26-45(7,8)50-34(3)25-29-52(44-14-11-12-27-48-44)37(6)41-21-24-43(33(2)30-41)51(9)35(4)32-49-42-22-17-39(31-46)18-23-42/h11-12,14-24,27,30-31,46-47,49-50H,3-6,10,13,25-26,28-29,32H2,1-2,7-9H3. The second-order valence-electron chi connectivity index (χ2n) is 14.0. The molecule has 272 valence electrons. The van der Waals surface area contributed by atoms with Crippen molar-refractivity contribution in [3.8, 4) is 0 Å². The quantitative estimate of drug-likeness (QED) is 0.0514. The van der Waals surface area contributed by atoms with Gasteiger partial charge >= 0.3 is 0 Å². The zero-order chi connectivity index (χ0) is 37.7. The molecule has 1 aromatic heterocycles. The van der Waals surface area contributed by atoms with Gasteiger partial charge in [0.1, 0.15) is 5.82 Å². The van der Waals surface area contributed by atoms with Gasteiger partial charge in [-0.3, -0.25) is 0 Å². The number of aromatic nitrogens is 1. The van der Waals surface area contributed by atoms with Crippen LogP contribution in [0.3, 0.4) is 0 Å². The number of benzene rings is 3. The van der Waals surface area contributed by atoms with Crippen LogP contribution in [0, 0.1) is 12.3 Å². The van der Waals surface area contributed by atoms with E-state index in [-0.39, 0.29) is 5.54 Å². The van der Waals surface area contributed by atoms with Gasteiger partial charge in [-0.2, -0.15) is 0 Å². The van der Waals surface area contributed by atoms with Crippen LogP contribution in [0.25, 0.3) is 11.4 Å². The van der Waals surface area contributed by atoms with Gasteiger partial charge in [-0.05, 0) is 104 Å². The predicted octanol–water partition coefficient (Wildman–Crippen LogP) is 9.80. The number of pyridine rings is 1. The van der Waals surface area contributed by atoms with E-state index in [9.17, 15) is 0 Å². The molecule has 0 aliphatic carbocycles. The Labute approximate surface area is 312 Å². The van der Waals surface area contributed by atoms with Crippen LogP contribution in [-0.4, -0.2) is 43.4 Å². The minimum Gasteiger partial charge on any atom is -0.385 e. The van der Waals surface area contributed by atoms with Gasteiger partial charge in [0.2, 0.25) is 0 Å². The normalized spacial score (nSPS) is 10.9. The number of anilines is 3. The van der Waals surface area contributed by atoms with E-state index < -0.39 is 0 Å². The number of likely N-dealkylation sites (N-methyl/N-ethyl adjacent to an activating group) is 1. The Hall–Kier alpha value is -5.56. The van der Waals surface area contributed by atoms with E-state index in [4.69, 9.17) is 5.41 Å². The molecule has 7 heteroatoms. The highest BCUT2D eigenvalue weighted by atomic mass is 15.2. The summed E-state index contributed by atoms with van der Waals surface area (Å²) in [7, 11) is 2.04. The van der Waals surface area contributed by atoms with Gasteiger partial charge in [0.05, 0.1) is 6.54 Å². The number of hydrogen-bond donors (Lipinski definition) is 4. The van der Waals surface area contributed by atoms with Crippen molar-refractivity contribution >= 4 is 34.8 Å². The molecule has 0 radical (unpaired) electrons. The van der Waals surface area contributed by atoms with Gasteiger partial charge in [0.25, 0.3) is 0 Å². The molecule has 0 fully saturated rings. The molecule has 0 saturated heterocycles. The number of nitrogens with one attached hydrogen (secondary N) is 4. The lowest BCUT2D eigenvalue weighted by molar-refractivity contribution is 0.381. The molecule has 0 aliphatic heterocycles. The lowest BCUT2D eigenvalue weighted by Gasteiger charge is -2.31. The van der Waals surface area contributed by atoms with Gasteiger partial charge in [-0.1, -0.05) is 81.8 Å². The summed E-state index contributed by atoms with van der Waals surface area (Å²) in [6, 6.07) is 28.8. The Bertz CT molecular complexity index is 1820. The van der Waals surface area contributed by atoms with Crippen LogP contribution in [0.4, 0.5) is 17.2 Å². The molecule has 3 aromatic carbocycles. The van der Waals surface area contributed by atoms with Crippen molar-refractivity contribution in [3.63, 3.8) is 0 Å². The van der Waals surface area contributed by atoms with Crippen molar-refractivity contribution in [1.29, 1.82) is 5.41 Å². The molecule has 0 aliphatic rings. The van der Waals surface area contributed by atoms with Gasteiger partial charge in [-0.15, -0.1) is 0 Å². The Morgan fingerprint density at radius 3 is 2.27 bits per heavy atom. The fraction of sp³-hybridized carbons (Fsp3) is 0.289. The number of hydrogen-bond acceptors (Lipinski definition) is 7. The molecule has 4 rings (SSSR count). The summed E-state index contributed by atoms with van der Waals surface area (Å²) >= 11 is 0. The maximum Gasteiger partial charge on any atom is 0.132 e. The Kier molecular flexibility index (Phi) is 14.0. The lowest BCUT2D eigenvalue weighted by Crippen LogP contribution is -2.39. The molecule has 7 nitrogen and oxygen atoms in total. The van der Waals surface area contributed by atoms with E-state index in [1.165, 1.54) is 11.8 Å². The summed E-state index contributed by atoms with van der Waals surface area (Å²) in [6.45, 7) is 28.4. The van der Waals surface area contributed by atoms with Crippen molar-refractivity contribution in [2.45, 2.75) is 58.9 Å². The summed E-state index contributed by atoms with van der Waals surface area (Å²) in [5.74, 6) is 0.849. The zero-order valence-corrected chi connectivity index (χ0v) is 31.9. The number of nitrogens with zero attached hydrogens (tertiary/aromatic N) is 3. The highest BCUT2D eigenvalue weighted by Crippen LogP contribution is 2.30. The van der Waals surface area contributed by atoms with Crippen LogP contribution >= 0.6 is 0 Å². The van der Waals surface area contributed by atoms with Crippen molar-refractivity contribution in [2.24, 2.45) is 0 Å². The first-order chi connectivity index (χ1) is 24.9. The van der Waals surface area contributed by atoms with Crippen LogP contribution < -0.4 is 25.8 Å². The Morgan fingerprint density at radius 2 is 1.63 bits per heavy atom. The SMILES string of the molecule is C=C(CCN(C(=C)c1ccc(N(C)C(=C)CNc2ccc(C=N)cc2)c(C)c1)c1ccccn1)NC(C)(C)CCCNC(=C)c1ccc(CC)cc1. The molecule has 0 saturated carbocycles. The van der Waals surface area contributed by atoms with Crippen LogP contribution in [0.1, 0.15) is 67.9 Å². The van der Waals surface area contributed by atoms with E-state index in [0.717, 1.165) is 94.5 Å². The van der Waals surface area contributed by atoms with Gasteiger partial charge in [0.15, 0.2) is 0 Å². The second kappa shape index (κ2) is 18.6. The molecule has 4 N–H and O–H groups in total. The minimum absolute atomic E-state index is 0.111. The second-order valence-corrected chi connectivity index (χ2v) is 14.0. The van der Waals surface area contributed by atoms with E-state index in [2.05, 4.69) is 127 Å². The maximum atomic E-state index is 7.40. The first-order valence-electron chi connectivity index (χ1n) is 18.1. The molecule has 0 bridgehead atoms. The van der Waals surface area contributed by atoms with Crippen LogP contribution in [0.5, 0.6) is 0 Å². The largest absolute Gasteiger partial charge is 0.385 e. The molecule has 52 heavy (non-hydrogen) atoms. The Morgan fingerprint density at radius 1 is 0.923 bits per heavy atom. The molecule has 1 heterocycles. The average molecular weight is 696 g/mol. The molecular formula is C45H57N7. The van der Waals surface area contributed by atoms with Gasteiger partial charge in [-0.25, -0.2) is 4.98 Å². The molecule has 0 atom stereocenters. The van der Waals surface area contributed by atoms with Crippen molar-refractivity contribution < 1.29 is 0 Å². The summed E-state index contributed by atoms with van der Waals surface area (Å²) < 4.78 is 0. The highest BCUT2D eigenvalue weighted by molar-refractivity contribution is 5.79.